The van der Waals surface area contributed by atoms with E-state index in [1.165, 1.54) is 6.07 Å². The molecule has 11 heteroatoms. The van der Waals surface area contributed by atoms with E-state index in [1.807, 2.05) is 29.2 Å². The predicted octanol–water partition coefficient (Wildman–Crippen LogP) is 3.03. The summed E-state index contributed by atoms with van der Waals surface area (Å²) in [6.07, 6.45) is 4.08. The second-order valence-electron chi connectivity index (χ2n) is 10.9. The number of nitrogens with two attached hydrogens (primary N) is 1. The van der Waals surface area contributed by atoms with Crippen molar-refractivity contribution in [2.45, 2.75) is 55.5 Å². The summed E-state index contributed by atoms with van der Waals surface area (Å²) >= 11 is 0. The van der Waals surface area contributed by atoms with Crippen molar-refractivity contribution in [2.75, 3.05) is 26.7 Å². The number of nitrogens with one attached hydrogen (secondary N) is 2. The van der Waals surface area contributed by atoms with E-state index in [-0.39, 0.29) is 23.1 Å². The van der Waals surface area contributed by atoms with Crippen molar-refractivity contribution in [1.82, 2.24) is 14.5 Å². The Kier molecular flexibility index (Phi) is 8.79. The summed E-state index contributed by atoms with van der Waals surface area (Å²) in [6, 6.07) is 15.6. The third-order valence-corrected chi connectivity index (χ3v) is 9.59. The Morgan fingerprint density at radius 2 is 1.71 bits per heavy atom. The van der Waals surface area contributed by atoms with Crippen molar-refractivity contribution in [3.63, 3.8) is 0 Å². The monoisotopic (exact) mass is 591 g/mol. The Morgan fingerprint density at radius 1 is 1.00 bits per heavy atom. The van der Waals surface area contributed by atoms with Gasteiger partial charge in [-0.15, -0.1) is 0 Å². The molecule has 0 saturated carbocycles. The fourth-order valence-corrected chi connectivity index (χ4v) is 7.03. The zero-order valence-corrected chi connectivity index (χ0v) is 24.5. The van der Waals surface area contributed by atoms with E-state index in [4.69, 9.17) is 15.9 Å². The molecule has 222 valence electrons. The summed E-state index contributed by atoms with van der Waals surface area (Å²) in [5.74, 6) is 0.0477. The summed E-state index contributed by atoms with van der Waals surface area (Å²) in [4.78, 5) is 31.1. The highest BCUT2D eigenvalue weighted by Gasteiger charge is 2.40. The summed E-state index contributed by atoms with van der Waals surface area (Å²) in [5.41, 5.74) is 7.01. The molecule has 4 N–H and O–H groups in total. The minimum Gasteiger partial charge on any atom is -0.497 e. The molecule has 0 bridgehead atoms. The lowest BCUT2D eigenvalue weighted by atomic mass is 9.97. The fourth-order valence-electron chi connectivity index (χ4n) is 5.77. The van der Waals surface area contributed by atoms with Gasteiger partial charge in [-0.3, -0.25) is 15.0 Å². The highest BCUT2D eigenvalue weighted by Crippen LogP contribution is 2.26. The zero-order chi connectivity index (χ0) is 29.9. The van der Waals surface area contributed by atoms with Gasteiger partial charge in [0.15, 0.2) is 0 Å². The number of nitrogen functional groups attached to an aromatic ring is 1. The third kappa shape index (κ3) is 6.42. The number of sulfonamides is 1. The van der Waals surface area contributed by atoms with Crippen LogP contribution < -0.4 is 15.2 Å². The Balaban J connectivity index is 1.39. The van der Waals surface area contributed by atoms with Crippen LogP contribution in [0, 0.1) is 5.41 Å². The lowest BCUT2D eigenvalue weighted by Crippen LogP contribution is -2.60. The van der Waals surface area contributed by atoms with Crippen LogP contribution in [0.5, 0.6) is 5.75 Å². The van der Waals surface area contributed by atoms with Gasteiger partial charge in [-0.05, 0) is 72.7 Å². The molecule has 10 nitrogen and oxygen atoms in total. The molecular formula is C31H37N5O5S. The minimum absolute atomic E-state index is 0.0469. The summed E-state index contributed by atoms with van der Waals surface area (Å²) in [7, 11) is -2.48. The average Bonchev–Trinajstić information content (AvgIpc) is 3.00. The SMILES string of the molecule is COc1ccc2ccc(S(=O)(=O)NC3CCCN(C(Cc4ccc(C(=N)N)cc4)C(=O)N4CCCCC4)C3=O)cc2c1. The van der Waals surface area contributed by atoms with Gasteiger partial charge in [0, 0.05) is 31.6 Å². The smallest absolute Gasteiger partial charge is 0.245 e. The summed E-state index contributed by atoms with van der Waals surface area (Å²) in [6.45, 7) is 1.65. The molecule has 0 radical (unpaired) electrons. The van der Waals surface area contributed by atoms with E-state index >= 15 is 0 Å². The van der Waals surface area contributed by atoms with Crippen LogP contribution in [0.4, 0.5) is 0 Å². The topological polar surface area (TPSA) is 146 Å². The van der Waals surface area contributed by atoms with Crippen LogP contribution in [0.25, 0.3) is 10.8 Å². The maximum atomic E-state index is 13.9. The number of ether oxygens (including phenoxy) is 1. The number of carbonyl (C=O) groups is 2. The standard InChI is InChI=1S/C31H37N5O5S/c1-41-25-13-11-22-12-14-26(20-24(22)19-25)42(39,40)34-27-6-5-17-36(30(27)37)28(31(38)35-15-3-2-4-16-35)18-21-7-9-23(10-8-21)29(32)33/h7-14,19-20,27-28,34H,2-6,15-18H2,1H3,(H3,32,33). The number of amidine groups is 1. The average molecular weight is 592 g/mol. The molecule has 2 atom stereocenters. The lowest BCUT2D eigenvalue weighted by molar-refractivity contribution is -0.149. The van der Waals surface area contributed by atoms with E-state index in [1.54, 1.807) is 42.3 Å². The second-order valence-corrected chi connectivity index (χ2v) is 12.7. The van der Waals surface area contributed by atoms with E-state index in [2.05, 4.69) is 4.72 Å². The molecule has 5 rings (SSSR count). The van der Waals surface area contributed by atoms with Gasteiger partial charge in [-0.2, -0.15) is 4.72 Å². The molecule has 2 heterocycles. The molecule has 2 aliphatic rings. The number of hydrogen-bond donors (Lipinski definition) is 3. The lowest BCUT2D eigenvalue weighted by Gasteiger charge is -2.40. The molecular weight excluding hydrogens is 554 g/mol. The molecule has 2 saturated heterocycles. The van der Waals surface area contributed by atoms with E-state index in [0.717, 1.165) is 30.2 Å². The maximum Gasteiger partial charge on any atom is 0.245 e. The van der Waals surface area contributed by atoms with Gasteiger partial charge in [0.1, 0.15) is 23.7 Å². The Hall–Kier alpha value is -3.96. The molecule has 2 aliphatic heterocycles. The fraction of sp³-hybridized carbons (Fsp3) is 0.387. The first-order chi connectivity index (χ1) is 20.2. The number of fused-ring (bicyclic) bond motifs is 1. The van der Waals surface area contributed by atoms with Crippen LogP contribution in [0.1, 0.15) is 43.2 Å². The van der Waals surface area contributed by atoms with Crippen LogP contribution in [-0.4, -0.2) is 74.7 Å². The van der Waals surface area contributed by atoms with Crippen molar-refractivity contribution in [3.8, 4) is 5.75 Å². The van der Waals surface area contributed by atoms with Gasteiger partial charge in [0.2, 0.25) is 21.8 Å². The number of benzene rings is 3. The van der Waals surface area contributed by atoms with Gasteiger partial charge in [-0.1, -0.05) is 36.4 Å². The first kappa shape index (κ1) is 29.5. The molecule has 2 fully saturated rings. The Labute approximate surface area is 246 Å². The highest BCUT2D eigenvalue weighted by molar-refractivity contribution is 7.89. The van der Waals surface area contributed by atoms with E-state index in [0.29, 0.717) is 49.2 Å². The molecule has 2 unspecified atom stereocenters. The van der Waals surface area contributed by atoms with Crippen LogP contribution in [0.15, 0.2) is 65.6 Å². The third-order valence-electron chi connectivity index (χ3n) is 8.12. The first-order valence-electron chi connectivity index (χ1n) is 14.3. The largest absolute Gasteiger partial charge is 0.497 e. The van der Waals surface area contributed by atoms with Gasteiger partial charge >= 0.3 is 0 Å². The Morgan fingerprint density at radius 3 is 2.40 bits per heavy atom. The predicted molar refractivity (Wildman–Crippen MR) is 161 cm³/mol. The van der Waals surface area contributed by atoms with Gasteiger partial charge in [-0.25, -0.2) is 8.42 Å². The molecule has 0 spiro atoms. The maximum absolute atomic E-state index is 13.9. The van der Waals surface area contributed by atoms with Crippen LogP contribution in [0.3, 0.4) is 0 Å². The van der Waals surface area contributed by atoms with Gasteiger partial charge in [0.05, 0.1) is 12.0 Å². The number of carbonyl (C=O) groups excluding carboxylic acids is 2. The number of piperidine rings is 2. The number of likely N-dealkylation sites (tertiary alicyclic amines) is 2. The number of hydrogen-bond acceptors (Lipinski definition) is 6. The van der Waals surface area contributed by atoms with Crippen LogP contribution in [0.2, 0.25) is 0 Å². The summed E-state index contributed by atoms with van der Waals surface area (Å²) in [5, 5.41) is 9.22. The minimum atomic E-state index is -4.03. The van der Waals surface area contributed by atoms with E-state index in [9.17, 15) is 18.0 Å². The highest BCUT2D eigenvalue weighted by atomic mass is 32.2. The number of methoxy groups -OCH3 is 1. The normalized spacial score (nSPS) is 18.6. The van der Waals surface area contributed by atoms with Crippen LogP contribution >= 0.6 is 0 Å². The zero-order valence-electron chi connectivity index (χ0n) is 23.7. The Bertz CT molecular complexity index is 1590. The van der Waals surface area contributed by atoms with Gasteiger partial charge < -0.3 is 20.3 Å². The van der Waals surface area contributed by atoms with Crippen molar-refractivity contribution in [1.29, 1.82) is 5.41 Å². The van der Waals surface area contributed by atoms with Crippen molar-refractivity contribution < 1.29 is 22.7 Å². The molecule has 3 aromatic carbocycles. The first-order valence-corrected chi connectivity index (χ1v) is 15.8. The number of rotatable bonds is 9. The molecule has 2 amide bonds. The quantitative estimate of drug-likeness (QED) is 0.258. The summed E-state index contributed by atoms with van der Waals surface area (Å²) < 4.78 is 34.8. The van der Waals surface area contributed by atoms with Crippen molar-refractivity contribution in [3.05, 3.63) is 71.8 Å². The van der Waals surface area contributed by atoms with E-state index < -0.39 is 28.0 Å². The van der Waals surface area contributed by atoms with Crippen LogP contribution in [-0.2, 0) is 26.0 Å². The molecule has 42 heavy (non-hydrogen) atoms. The molecule has 0 aromatic heterocycles. The van der Waals surface area contributed by atoms with Gasteiger partial charge in [0.25, 0.3) is 0 Å². The molecule has 3 aromatic rings. The number of amides is 2. The van der Waals surface area contributed by atoms with Crippen molar-refractivity contribution in [2.24, 2.45) is 5.73 Å². The molecule has 0 aliphatic carbocycles. The second kappa shape index (κ2) is 12.5. The van der Waals surface area contributed by atoms with Crippen molar-refractivity contribution >= 4 is 38.4 Å². The number of nitrogens with zero attached hydrogens (tertiary/aromatic N) is 2.